The smallest absolute Gasteiger partial charge is 0.348 e. The first-order valence-electron chi connectivity index (χ1n) is 7.30. The maximum Gasteiger partial charge on any atom is 0.348 e. The zero-order chi connectivity index (χ0) is 17.6. The molecule has 0 fully saturated rings. The summed E-state index contributed by atoms with van der Waals surface area (Å²) in [7, 11) is 0. The van der Waals surface area contributed by atoms with Gasteiger partial charge < -0.3 is 10.8 Å². The molecule has 25 heavy (non-hydrogen) atoms. The predicted octanol–water partition coefficient (Wildman–Crippen LogP) is 5.63. The number of carbonyl (C=O) groups is 1. The van der Waals surface area contributed by atoms with Crippen molar-refractivity contribution in [1.82, 2.24) is 4.98 Å². The number of hydrogen-bond donors (Lipinski definition) is 2. The Kier molecular flexibility index (Phi) is 3.95. The molecule has 124 valence electrons. The van der Waals surface area contributed by atoms with Crippen molar-refractivity contribution in [3.63, 3.8) is 0 Å². The summed E-state index contributed by atoms with van der Waals surface area (Å²) >= 11 is 8.64. The van der Waals surface area contributed by atoms with Crippen LogP contribution in [0.1, 0.15) is 9.67 Å². The number of nitrogens with zero attached hydrogens (tertiary/aromatic N) is 1. The van der Waals surface area contributed by atoms with Crippen LogP contribution in [0.4, 0.5) is 5.69 Å². The molecular formula is C18H11ClN2O2S2. The van der Waals surface area contributed by atoms with Crippen LogP contribution >= 0.6 is 34.3 Å². The lowest BCUT2D eigenvalue weighted by Gasteiger charge is -2.07. The molecule has 1 aromatic carbocycles. The molecule has 0 aliphatic heterocycles. The van der Waals surface area contributed by atoms with Crippen LogP contribution in [0.3, 0.4) is 0 Å². The number of benzene rings is 1. The topological polar surface area (TPSA) is 76.2 Å². The molecule has 0 saturated carbocycles. The number of aromatic nitrogens is 1. The minimum absolute atomic E-state index is 0.119. The van der Waals surface area contributed by atoms with Gasteiger partial charge in [-0.25, -0.2) is 9.78 Å². The van der Waals surface area contributed by atoms with Crippen LogP contribution < -0.4 is 5.73 Å². The van der Waals surface area contributed by atoms with Gasteiger partial charge in [-0.2, -0.15) is 0 Å². The molecule has 0 unspecified atom stereocenters. The maximum atomic E-state index is 11.5. The number of aromatic carboxylic acids is 1. The molecule has 0 bridgehead atoms. The fourth-order valence-corrected chi connectivity index (χ4v) is 4.51. The largest absolute Gasteiger partial charge is 0.477 e. The van der Waals surface area contributed by atoms with Gasteiger partial charge in [-0.05, 0) is 29.6 Å². The molecule has 0 spiro atoms. The predicted molar refractivity (Wildman–Crippen MR) is 105 cm³/mol. The Hall–Kier alpha value is -2.41. The van der Waals surface area contributed by atoms with Crippen LogP contribution in [0.15, 0.2) is 47.8 Å². The van der Waals surface area contributed by atoms with Crippen molar-refractivity contribution in [2.45, 2.75) is 0 Å². The number of carboxylic acids is 1. The second-order valence-electron chi connectivity index (χ2n) is 5.37. The molecule has 0 atom stereocenters. The van der Waals surface area contributed by atoms with Gasteiger partial charge in [0.25, 0.3) is 0 Å². The Morgan fingerprint density at radius 3 is 2.60 bits per heavy atom. The minimum atomic E-state index is -1.04. The van der Waals surface area contributed by atoms with Crippen molar-refractivity contribution in [1.29, 1.82) is 0 Å². The number of pyridine rings is 1. The molecule has 7 heteroatoms. The molecule has 3 aromatic heterocycles. The summed E-state index contributed by atoms with van der Waals surface area (Å²) in [5.41, 5.74) is 8.96. The normalized spacial score (nSPS) is 11.1. The second kappa shape index (κ2) is 6.15. The van der Waals surface area contributed by atoms with Gasteiger partial charge in [-0.1, -0.05) is 29.8 Å². The van der Waals surface area contributed by atoms with Crippen molar-refractivity contribution < 1.29 is 9.90 Å². The average molecular weight is 387 g/mol. The SMILES string of the molecule is Nc1c(C(=O)O)sc2nc(-c3ccc(Cl)cc3)cc(-c3cccs3)c12. The first-order chi connectivity index (χ1) is 12.0. The van der Waals surface area contributed by atoms with Gasteiger partial charge in [0, 0.05) is 26.4 Å². The molecule has 4 aromatic rings. The van der Waals surface area contributed by atoms with E-state index in [1.807, 2.05) is 35.7 Å². The van der Waals surface area contributed by atoms with Crippen molar-refractivity contribution >= 4 is 56.1 Å². The summed E-state index contributed by atoms with van der Waals surface area (Å²) in [6.07, 6.45) is 0. The highest BCUT2D eigenvalue weighted by atomic mass is 35.5. The molecule has 4 nitrogen and oxygen atoms in total. The van der Waals surface area contributed by atoms with Crippen LogP contribution in [-0.4, -0.2) is 16.1 Å². The molecule has 0 radical (unpaired) electrons. The lowest BCUT2D eigenvalue weighted by Crippen LogP contribution is -1.97. The minimum Gasteiger partial charge on any atom is -0.477 e. The molecule has 0 amide bonds. The van der Waals surface area contributed by atoms with E-state index in [4.69, 9.17) is 17.3 Å². The highest BCUT2D eigenvalue weighted by molar-refractivity contribution is 7.21. The Balaban J connectivity index is 2.04. The third-order valence-corrected chi connectivity index (χ3v) is 6.06. The molecule has 0 aliphatic carbocycles. The first-order valence-corrected chi connectivity index (χ1v) is 9.38. The number of anilines is 1. The average Bonchev–Trinajstić information content (AvgIpc) is 3.23. The number of halogens is 1. The molecule has 4 rings (SSSR count). The van der Waals surface area contributed by atoms with E-state index in [1.165, 1.54) is 0 Å². The highest BCUT2D eigenvalue weighted by Crippen LogP contribution is 2.42. The first kappa shape index (κ1) is 16.1. The van der Waals surface area contributed by atoms with Crippen LogP contribution in [-0.2, 0) is 0 Å². The van der Waals surface area contributed by atoms with Gasteiger partial charge in [0.1, 0.15) is 9.71 Å². The standard InChI is InChI=1S/C18H11ClN2O2S2/c19-10-5-3-9(4-6-10)12-8-11(13-2-1-7-24-13)14-15(20)16(18(22)23)25-17(14)21-12/h1-8H,20H2,(H,22,23). The van der Waals surface area contributed by atoms with Gasteiger partial charge in [-0.15, -0.1) is 22.7 Å². The van der Waals surface area contributed by atoms with E-state index in [9.17, 15) is 9.90 Å². The van der Waals surface area contributed by atoms with Gasteiger partial charge >= 0.3 is 5.97 Å². The summed E-state index contributed by atoms with van der Waals surface area (Å²) in [5.74, 6) is -1.04. The summed E-state index contributed by atoms with van der Waals surface area (Å²) in [6, 6.07) is 13.3. The van der Waals surface area contributed by atoms with Crippen molar-refractivity contribution in [2.24, 2.45) is 0 Å². The number of rotatable bonds is 3. The van der Waals surface area contributed by atoms with E-state index in [-0.39, 0.29) is 10.6 Å². The Morgan fingerprint density at radius 2 is 1.96 bits per heavy atom. The van der Waals surface area contributed by atoms with E-state index >= 15 is 0 Å². The Labute approximate surface area is 156 Å². The van der Waals surface area contributed by atoms with Gasteiger partial charge in [-0.3, -0.25) is 0 Å². The molecule has 0 aliphatic rings. The number of fused-ring (bicyclic) bond motifs is 1. The van der Waals surface area contributed by atoms with Crippen LogP contribution in [0.25, 0.3) is 31.9 Å². The van der Waals surface area contributed by atoms with E-state index in [1.54, 1.807) is 23.5 Å². The van der Waals surface area contributed by atoms with E-state index in [0.717, 1.165) is 33.0 Å². The van der Waals surface area contributed by atoms with Gasteiger partial charge in [0.2, 0.25) is 0 Å². The quantitative estimate of drug-likeness (QED) is 0.478. The highest BCUT2D eigenvalue weighted by Gasteiger charge is 2.21. The van der Waals surface area contributed by atoms with Crippen LogP contribution in [0, 0.1) is 0 Å². The van der Waals surface area contributed by atoms with Crippen LogP contribution in [0.2, 0.25) is 5.02 Å². The summed E-state index contributed by atoms with van der Waals surface area (Å²) < 4.78 is 0. The number of nitrogens with two attached hydrogens (primary N) is 1. The van der Waals surface area contributed by atoms with Crippen molar-refractivity contribution in [3.8, 4) is 21.7 Å². The van der Waals surface area contributed by atoms with Crippen LogP contribution in [0.5, 0.6) is 0 Å². The lowest BCUT2D eigenvalue weighted by atomic mass is 10.0. The Morgan fingerprint density at radius 1 is 1.20 bits per heavy atom. The zero-order valence-electron chi connectivity index (χ0n) is 12.7. The molecule has 0 saturated heterocycles. The summed E-state index contributed by atoms with van der Waals surface area (Å²) in [4.78, 5) is 17.9. The third-order valence-electron chi connectivity index (χ3n) is 3.82. The van der Waals surface area contributed by atoms with E-state index < -0.39 is 5.97 Å². The van der Waals surface area contributed by atoms with Gasteiger partial charge in [0.05, 0.1) is 11.4 Å². The second-order valence-corrected chi connectivity index (χ2v) is 7.75. The lowest BCUT2D eigenvalue weighted by molar-refractivity contribution is 0.0703. The van der Waals surface area contributed by atoms with Gasteiger partial charge in [0.15, 0.2) is 0 Å². The van der Waals surface area contributed by atoms with E-state index in [2.05, 4.69) is 4.98 Å². The number of carboxylic acid groups (broad SMARTS) is 1. The fraction of sp³-hybridized carbons (Fsp3) is 0. The molecular weight excluding hydrogens is 376 g/mol. The third kappa shape index (κ3) is 2.78. The molecule has 3 heterocycles. The zero-order valence-corrected chi connectivity index (χ0v) is 15.1. The summed E-state index contributed by atoms with van der Waals surface area (Å²) in [5, 5.41) is 12.7. The fourth-order valence-electron chi connectivity index (χ4n) is 2.67. The number of hydrogen-bond acceptors (Lipinski definition) is 5. The summed E-state index contributed by atoms with van der Waals surface area (Å²) in [6.45, 7) is 0. The Bertz CT molecular complexity index is 1090. The van der Waals surface area contributed by atoms with E-state index in [0.29, 0.717) is 15.2 Å². The van der Waals surface area contributed by atoms with Crippen molar-refractivity contribution in [3.05, 3.63) is 57.7 Å². The molecule has 3 N–H and O–H groups in total. The number of thiophene rings is 2. The number of nitrogen functional groups attached to an aromatic ring is 1. The van der Waals surface area contributed by atoms with Crippen molar-refractivity contribution in [2.75, 3.05) is 5.73 Å². The maximum absolute atomic E-state index is 11.5. The monoisotopic (exact) mass is 386 g/mol.